The summed E-state index contributed by atoms with van der Waals surface area (Å²) in [7, 11) is 3.22. The summed E-state index contributed by atoms with van der Waals surface area (Å²) in [6.45, 7) is 1.39. The highest BCUT2D eigenvalue weighted by molar-refractivity contribution is 5.81. The van der Waals surface area contributed by atoms with E-state index in [-0.39, 0.29) is 12.5 Å². The summed E-state index contributed by atoms with van der Waals surface area (Å²) in [6.07, 6.45) is -5.04. The van der Waals surface area contributed by atoms with Gasteiger partial charge in [0.05, 0.1) is 6.42 Å². The van der Waals surface area contributed by atoms with Crippen LogP contribution in [0.15, 0.2) is 0 Å². The maximum absolute atomic E-state index is 12.2. The monoisotopic (exact) mass is 253 g/mol. The van der Waals surface area contributed by atoms with Gasteiger partial charge in [0.2, 0.25) is 5.91 Å². The predicted molar refractivity (Wildman–Crippen MR) is 57.6 cm³/mol. The molecule has 1 heterocycles. The van der Waals surface area contributed by atoms with E-state index in [0.29, 0.717) is 19.6 Å². The molecule has 0 bridgehead atoms. The van der Waals surface area contributed by atoms with Crippen molar-refractivity contribution in [2.75, 3.05) is 40.3 Å². The number of hydrogen-bond acceptors (Lipinski definition) is 3. The molecule has 1 amide bonds. The molecule has 1 atom stereocenters. The van der Waals surface area contributed by atoms with Gasteiger partial charge in [-0.2, -0.15) is 13.2 Å². The second-order valence-electron chi connectivity index (χ2n) is 4.35. The highest BCUT2D eigenvalue weighted by atomic mass is 19.4. The van der Waals surface area contributed by atoms with Crippen molar-refractivity contribution >= 4 is 5.91 Å². The molecule has 4 nitrogen and oxygen atoms in total. The molecule has 0 radical (unpaired) electrons. The molecule has 1 aliphatic rings. The van der Waals surface area contributed by atoms with E-state index >= 15 is 0 Å². The van der Waals surface area contributed by atoms with E-state index in [0.717, 1.165) is 0 Å². The Kier molecular flexibility index (Phi) is 4.76. The van der Waals surface area contributed by atoms with Crippen LogP contribution in [0.4, 0.5) is 13.2 Å². The minimum absolute atomic E-state index is 0.116. The van der Waals surface area contributed by atoms with E-state index in [2.05, 4.69) is 5.32 Å². The van der Waals surface area contributed by atoms with Crippen LogP contribution in [-0.2, 0) is 4.79 Å². The summed E-state index contributed by atoms with van der Waals surface area (Å²) < 4.78 is 36.5. The van der Waals surface area contributed by atoms with Crippen molar-refractivity contribution in [3.63, 3.8) is 0 Å². The number of alkyl halides is 3. The van der Waals surface area contributed by atoms with Gasteiger partial charge in [-0.25, -0.2) is 0 Å². The van der Waals surface area contributed by atoms with Crippen molar-refractivity contribution in [1.29, 1.82) is 0 Å². The van der Waals surface area contributed by atoms with Crippen LogP contribution >= 0.6 is 0 Å². The Bertz CT molecular complexity index is 268. The molecule has 1 rings (SSSR count). The Labute approximate surface area is 98.7 Å². The Balaban J connectivity index is 2.57. The van der Waals surface area contributed by atoms with Crippen molar-refractivity contribution in [3.05, 3.63) is 0 Å². The van der Waals surface area contributed by atoms with Gasteiger partial charge in [-0.05, 0) is 0 Å². The lowest BCUT2D eigenvalue weighted by Gasteiger charge is -2.36. The molecule has 1 fully saturated rings. The smallest absolute Gasteiger partial charge is 0.347 e. The molecular formula is C10H18F3N3O. The van der Waals surface area contributed by atoms with E-state index in [4.69, 9.17) is 0 Å². The van der Waals surface area contributed by atoms with E-state index in [1.807, 2.05) is 0 Å². The largest absolute Gasteiger partial charge is 0.390 e. The van der Waals surface area contributed by atoms with Crippen LogP contribution in [0.5, 0.6) is 0 Å². The molecule has 100 valence electrons. The molecule has 0 aromatic rings. The fourth-order valence-corrected chi connectivity index (χ4v) is 1.83. The summed E-state index contributed by atoms with van der Waals surface area (Å²) in [4.78, 5) is 14.8. The third kappa shape index (κ3) is 4.51. The van der Waals surface area contributed by atoms with Crippen molar-refractivity contribution in [1.82, 2.24) is 15.1 Å². The highest BCUT2D eigenvalue weighted by Crippen LogP contribution is 2.20. The molecule has 0 aromatic carbocycles. The van der Waals surface area contributed by atoms with Gasteiger partial charge in [0.25, 0.3) is 0 Å². The summed E-state index contributed by atoms with van der Waals surface area (Å²) in [5.74, 6) is -0.153. The number of carbonyl (C=O) groups excluding carboxylic acids is 1. The number of nitrogens with zero attached hydrogens (tertiary/aromatic N) is 2. The van der Waals surface area contributed by atoms with Crippen LogP contribution in [0.3, 0.4) is 0 Å². The second-order valence-corrected chi connectivity index (χ2v) is 4.35. The lowest BCUT2D eigenvalue weighted by Crippen LogP contribution is -2.58. The lowest BCUT2D eigenvalue weighted by molar-refractivity contribution is -0.146. The first-order valence-electron chi connectivity index (χ1n) is 5.54. The number of amides is 1. The normalized spacial score (nSPS) is 22.5. The molecular weight excluding hydrogens is 235 g/mol. The second kappa shape index (κ2) is 5.68. The number of piperazine rings is 1. The standard InChI is InChI=1S/C10H18F3N3O/c1-15(2)9(17)8-7-14-4-6-16(8)5-3-10(11,12)13/h8,14H,3-7H2,1-2H3. The Hall–Kier alpha value is -0.820. The van der Waals surface area contributed by atoms with Gasteiger partial charge in [-0.15, -0.1) is 0 Å². The van der Waals surface area contributed by atoms with Crippen LogP contribution in [0.2, 0.25) is 0 Å². The molecule has 0 spiro atoms. The third-order valence-electron chi connectivity index (χ3n) is 2.76. The average Bonchev–Trinajstić information content (AvgIpc) is 2.24. The van der Waals surface area contributed by atoms with Crippen LogP contribution in [-0.4, -0.2) is 68.2 Å². The van der Waals surface area contributed by atoms with Crippen LogP contribution < -0.4 is 5.32 Å². The molecule has 0 aromatic heterocycles. The van der Waals surface area contributed by atoms with Gasteiger partial charge in [-0.1, -0.05) is 0 Å². The van der Waals surface area contributed by atoms with Gasteiger partial charge in [-0.3, -0.25) is 9.69 Å². The number of nitrogens with one attached hydrogen (secondary N) is 1. The van der Waals surface area contributed by atoms with E-state index in [1.54, 1.807) is 19.0 Å². The predicted octanol–water partition coefficient (Wildman–Crippen LogP) is 0.301. The topological polar surface area (TPSA) is 35.6 Å². The van der Waals surface area contributed by atoms with Crippen LogP contribution in [0, 0.1) is 0 Å². The summed E-state index contributed by atoms with van der Waals surface area (Å²) in [5, 5.41) is 3.03. The van der Waals surface area contributed by atoms with Crippen molar-refractivity contribution < 1.29 is 18.0 Å². The SMILES string of the molecule is CN(C)C(=O)C1CNCCN1CCC(F)(F)F. The first-order valence-corrected chi connectivity index (χ1v) is 5.54. The van der Waals surface area contributed by atoms with Crippen LogP contribution in [0.25, 0.3) is 0 Å². The molecule has 1 saturated heterocycles. The van der Waals surface area contributed by atoms with E-state index in [9.17, 15) is 18.0 Å². The number of carbonyl (C=O) groups is 1. The third-order valence-corrected chi connectivity index (χ3v) is 2.76. The lowest BCUT2D eigenvalue weighted by atomic mass is 10.1. The molecule has 0 saturated carbocycles. The minimum atomic E-state index is -4.17. The van der Waals surface area contributed by atoms with Crippen LogP contribution in [0.1, 0.15) is 6.42 Å². The molecule has 1 unspecified atom stereocenters. The molecule has 7 heteroatoms. The number of likely N-dealkylation sites (N-methyl/N-ethyl adjacent to an activating group) is 1. The Morgan fingerprint density at radius 1 is 1.47 bits per heavy atom. The van der Waals surface area contributed by atoms with Gasteiger partial charge >= 0.3 is 6.18 Å². The van der Waals surface area contributed by atoms with Gasteiger partial charge in [0, 0.05) is 40.3 Å². The maximum Gasteiger partial charge on any atom is 0.390 e. The number of halogens is 3. The summed E-state index contributed by atoms with van der Waals surface area (Å²) in [5.41, 5.74) is 0. The minimum Gasteiger partial charge on any atom is -0.347 e. The van der Waals surface area contributed by atoms with Gasteiger partial charge < -0.3 is 10.2 Å². The fraction of sp³-hybridized carbons (Fsp3) is 0.900. The van der Waals surface area contributed by atoms with Crippen molar-refractivity contribution in [3.8, 4) is 0 Å². The molecule has 1 aliphatic heterocycles. The van der Waals surface area contributed by atoms with Gasteiger partial charge in [0.1, 0.15) is 6.04 Å². The first kappa shape index (κ1) is 14.2. The number of hydrogen-bond donors (Lipinski definition) is 1. The quantitative estimate of drug-likeness (QED) is 0.786. The zero-order chi connectivity index (χ0) is 13.1. The average molecular weight is 253 g/mol. The molecule has 17 heavy (non-hydrogen) atoms. The van der Waals surface area contributed by atoms with Crippen molar-refractivity contribution in [2.45, 2.75) is 18.6 Å². The number of rotatable bonds is 3. The van der Waals surface area contributed by atoms with E-state index in [1.165, 1.54) is 4.90 Å². The Morgan fingerprint density at radius 3 is 2.65 bits per heavy atom. The molecule has 0 aliphatic carbocycles. The Morgan fingerprint density at radius 2 is 2.12 bits per heavy atom. The zero-order valence-electron chi connectivity index (χ0n) is 10.0. The first-order chi connectivity index (χ1) is 7.81. The summed E-state index contributed by atoms with van der Waals surface area (Å²) >= 11 is 0. The maximum atomic E-state index is 12.2. The van der Waals surface area contributed by atoms with E-state index < -0.39 is 18.6 Å². The van der Waals surface area contributed by atoms with Crippen molar-refractivity contribution in [2.24, 2.45) is 0 Å². The molecule has 1 N–H and O–H groups in total. The zero-order valence-corrected chi connectivity index (χ0v) is 10.0. The van der Waals surface area contributed by atoms with Gasteiger partial charge in [0.15, 0.2) is 0 Å². The summed E-state index contributed by atoms with van der Waals surface area (Å²) in [6, 6.07) is -0.485. The highest BCUT2D eigenvalue weighted by Gasteiger charge is 2.33. The fourth-order valence-electron chi connectivity index (χ4n) is 1.83.